The Labute approximate surface area is 184 Å². The molecule has 8 heteroatoms. The van der Waals surface area contributed by atoms with Gasteiger partial charge in [0.25, 0.3) is 0 Å². The van der Waals surface area contributed by atoms with E-state index in [2.05, 4.69) is 34.0 Å². The molecule has 0 fully saturated rings. The smallest absolute Gasteiger partial charge is 0.197 e. The maximum Gasteiger partial charge on any atom is 0.197 e. The highest BCUT2D eigenvalue weighted by molar-refractivity contribution is 7.84. The quantitative estimate of drug-likeness (QED) is 0.466. The highest BCUT2D eigenvalue weighted by Crippen LogP contribution is 2.48. The Morgan fingerprint density at radius 1 is 1.16 bits per heavy atom. The second kappa shape index (κ2) is 7.15. The van der Waals surface area contributed by atoms with E-state index in [9.17, 15) is 9.42 Å². The normalized spacial score (nSPS) is 19.0. The van der Waals surface area contributed by atoms with Crippen LogP contribution in [0.25, 0.3) is 11.0 Å². The van der Waals surface area contributed by atoms with Crippen LogP contribution in [-0.4, -0.2) is 37.2 Å². The van der Waals surface area contributed by atoms with Crippen molar-refractivity contribution in [2.24, 2.45) is 5.16 Å². The van der Waals surface area contributed by atoms with Gasteiger partial charge in [-0.2, -0.15) is 0 Å². The molecule has 7 nitrogen and oxygen atoms in total. The van der Waals surface area contributed by atoms with E-state index in [-0.39, 0.29) is 5.75 Å². The molecule has 2 N–H and O–H groups in total. The van der Waals surface area contributed by atoms with Gasteiger partial charge in [0.15, 0.2) is 5.16 Å². The second-order valence-corrected chi connectivity index (χ2v) is 10.6. The van der Waals surface area contributed by atoms with Gasteiger partial charge in [-0.15, -0.1) is 0 Å². The average molecular weight is 441 g/mol. The van der Waals surface area contributed by atoms with Gasteiger partial charge in [0.2, 0.25) is 0 Å². The molecular weight excluding hydrogens is 412 g/mol. The highest BCUT2D eigenvalue weighted by Gasteiger charge is 2.49. The minimum Gasteiger partial charge on any atom is -0.496 e. The largest absolute Gasteiger partial charge is 0.496 e. The zero-order valence-corrected chi connectivity index (χ0v) is 19.8. The van der Waals surface area contributed by atoms with Crippen molar-refractivity contribution in [3.8, 4) is 5.75 Å². The second-order valence-electron chi connectivity index (χ2n) is 9.19. The number of aromatic nitrogens is 3. The Kier molecular flexibility index (Phi) is 4.96. The summed E-state index contributed by atoms with van der Waals surface area (Å²) < 4.78 is 18.6. The lowest BCUT2D eigenvalue weighted by atomic mass is 9.79. The van der Waals surface area contributed by atoms with Crippen LogP contribution >= 0.6 is 0 Å². The third kappa shape index (κ3) is 3.15. The van der Waals surface area contributed by atoms with Crippen molar-refractivity contribution in [3.05, 3.63) is 46.3 Å². The third-order valence-electron chi connectivity index (χ3n) is 6.46. The third-order valence-corrected chi connectivity index (χ3v) is 7.62. The van der Waals surface area contributed by atoms with E-state index in [1.54, 1.807) is 13.3 Å². The predicted octanol–water partition coefficient (Wildman–Crippen LogP) is 4.29. The van der Waals surface area contributed by atoms with E-state index in [0.29, 0.717) is 5.16 Å². The standard InChI is InChI=1S/C23H28N4O3S/c1-12-10-24-18(13(2)19(12)30-7)11-31(29)21-25-16-8-14-15(9-17(16)26-21)23(5,6)20(27-28)22(14,3)4/h8-10,28H,11H2,1-7H3,(H,25,26). The van der Waals surface area contributed by atoms with Crippen LogP contribution in [0.2, 0.25) is 0 Å². The Bertz CT molecular complexity index is 1200. The Hall–Kier alpha value is -2.74. The monoisotopic (exact) mass is 440 g/mol. The van der Waals surface area contributed by atoms with Gasteiger partial charge >= 0.3 is 0 Å². The number of oxime groups is 1. The van der Waals surface area contributed by atoms with Gasteiger partial charge in [-0.25, -0.2) is 4.98 Å². The van der Waals surface area contributed by atoms with Crippen LogP contribution in [0.1, 0.15) is 55.6 Å². The molecule has 0 saturated heterocycles. The number of hydrogen-bond acceptors (Lipinski definition) is 6. The number of aromatic amines is 1. The molecule has 1 aliphatic rings. The van der Waals surface area contributed by atoms with Crippen molar-refractivity contribution < 1.29 is 14.2 Å². The summed E-state index contributed by atoms with van der Waals surface area (Å²) in [7, 11) is 0.243. The van der Waals surface area contributed by atoms with Crippen LogP contribution in [-0.2, 0) is 27.4 Å². The minimum atomic E-state index is -1.39. The van der Waals surface area contributed by atoms with Gasteiger partial charge in [0, 0.05) is 28.2 Å². The van der Waals surface area contributed by atoms with Gasteiger partial charge in [-0.05, 0) is 37.1 Å². The SMILES string of the molecule is COc1c(C)cnc(CS(=O)c2nc3cc4c(cc3[nH]2)C(C)(C)/C(=N/O)C4(C)C)c1C. The van der Waals surface area contributed by atoms with Crippen LogP contribution in [0.4, 0.5) is 0 Å². The first-order valence-corrected chi connectivity index (χ1v) is 11.5. The van der Waals surface area contributed by atoms with Crippen molar-refractivity contribution >= 4 is 27.5 Å². The Morgan fingerprint density at radius 2 is 1.81 bits per heavy atom. The Morgan fingerprint density at radius 3 is 2.42 bits per heavy atom. The number of fused-ring (bicyclic) bond motifs is 2. The molecule has 1 aromatic carbocycles. The van der Waals surface area contributed by atoms with Crippen molar-refractivity contribution in [3.63, 3.8) is 0 Å². The maximum absolute atomic E-state index is 13.1. The maximum atomic E-state index is 13.1. The first-order chi connectivity index (χ1) is 14.5. The molecule has 4 rings (SSSR count). The number of ether oxygens (including phenoxy) is 1. The number of pyridine rings is 1. The molecule has 0 bridgehead atoms. The number of H-pyrrole nitrogens is 1. The highest BCUT2D eigenvalue weighted by atomic mass is 32.2. The number of rotatable bonds is 4. The minimum absolute atomic E-state index is 0.250. The van der Waals surface area contributed by atoms with E-state index in [1.807, 2.05) is 39.8 Å². The number of imidazole rings is 1. The van der Waals surface area contributed by atoms with Crippen LogP contribution in [0.5, 0.6) is 5.75 Å². The fraction of sp³-hybridized carbons (Fsp3) is 0.435. The summed E-state index contributed by atoms with van der Waals surface area (Å²) in [5.74, 6) is 1.02. The summed E-state index contributed by atoms with van der Waals surface area (Å²) >= 11 is 0. The number of aryl methyl sites for hydroxylation is 1. The van der Waals surface area contributed by atoms with Crippen LogP contribution < -0.4 is 4.74 Å². The van der Waals surface area contributed by atoms with Gasteiger partial charge < -0.3 is 14.9 Å². The van der Waals surface area contributed by atoms with Crippen molar-refractivity contribution in [1.82, 2.24) is 15.0 Å². The Balaban J connectivity index is 1.73. The topological polar surface area (TPSA) is 100 Å². The first kappa shape index (κ1) is 21.5. The zero-order chi connectivity index (χ0) is 22.7. The molecular formula is C23H28N4O3S. The molecule has 0 radical (unpaired) electrons. The van der Waals surface area contributed by atoms with Gasteiger partial charge in [0.05, 0.1) is 46.1 Å². The number of benzene rings is 1. The van der Waals surface area contributed by atoms with Gasteiger partial charge in [0.1, 0.15) is 5.75 Å². The lowest BCUT2D eigenvalue weighted by molar-refractivity contribution is 0.310. The predicted molar refractivity (Wildman–Crippen MR) is 122 cm³/mol. The van der Waals surface area contributed by atoms with Gasteiger partial charge in [-0.3, -0.25) is 9.19 Å². The van der Waals surface area contributed by atoms with Crippen molar-refractivity contribution in [2.75, 3.05) is 7.11 Å². The zero-order valence-electron chi connectivity index (χ0n) is 19.0. The molecule has 3 aromatic rings. The van der Waals surface area contributed by atoms with E-state index in [1.165, 1.54) is 0 Å². The van der Waals surface area contributed by atoms with Crippen LogP contribution in [0, 0.1) is 13.8 Å². The molecule has 0 amide bonds. The molecule has 1 unspecified atom stereocenters. The van der Waals surface area contributed by atoms with Crippen LogP contribution in [0.3, 0.4) is 0 Å². The van der Waals surface area contributed by atoms with E-state index in [0.717, 1.165) is 50.4 Å². The summed E-state index contributed by atoms with van der Waals surface area (Å²) in [6, 6.07) is 4.05. The lowest BCUT2D eigenvalue weighted by Crippen LogP contribution is -2.34. The molecule has 31 heavy (non-hydrogen) atoms. The average Bonchev–Trinajstić information content (AvgIpc) is 3.18. The molecule has 0 saturated carbocycles. The fourth-order valence-electron chi connectivity index (χ4n) is 4.87. The molecule has 2 heterocycles. The van der Waals surface area contributed by atoms with Gasteiger partial charge in [-0.1, -0.05) is 32.9 Å². The summed E-state index contributed by atoms with van der Waals surface area (Å²) in [4.78, 5) is 12.3. The summed E-state index contributed by atoms with van der Waals surface area (Å²) in [5, 5.41) is 13.7. The lowest BCUT2D eigenvalue weighted by Gasteiger charge is -2.24. The number of methoxy groups -OCH3 is 1. The van der Waals surface area contributed by atoms with Crippen LogP contribution in [0.15, 0.2) is 28.6 Å². The number of hydrogen-bond donors (Lipinski definition) is 2. The molecule has 0 spiro atoms. The number of nitrogens with one attached hydrogen (secondary N) is 1. The molecule has 2 aromatic heterocycles. The summed E-state index contributed by atoms with van der Waals surface area (Å²) in [6.07, 6.45) is 1.74. The molecule has 1 aliphatic carbocycles. The first-order valence-electron chi connectivity index (χ1n) is 10.2. The number of nitrogens with zero attached hydrogens (tertiary/aromatic N) is 3. The summed E-state index contributed by atoms with van der Waals surface area (Å²) in [5.41, 5.74) is 6.19. The molecule has 1 atom stereocenters. The molecule has 0 aliphatic heterocycles. The fourth-order valence-corrected chi connectivity index (χ4v) is 5.97. The van der Waals surface area contributed by atoms with E-state index < -0.39 is 21.6 Å². The molecule has 164 valence electrons. The van der Waals surface area contributed by atoms with Crippen molar-refractivity contribution in [1.29, 1.82) is 0 Å². The van der Waals surface area contributed by atoms with E-state index >= 15 is 0 Å². The van der Waals surface area contributed by atoms with E-state index in [4.69, 9.17) is 4.74 Å². The summed E-state index contributed by atoms with van der Waals surface area (Å²) in [6.45, 7) is 12.1. The van der Waals surface area contributed by atoms with Crippen molar-refractivity contribution in [2.45, 2.75) is 63.3 Å².